The zero-order chi connectivity index (χ0) is 20.1. The number of nitrogens with one attached hydrogen (secondary N) is 1. The summed E-state index contributed by atoms with van der Waals surface area (Å²) in [4.78, 5) is 16.6. The summed E-state index contributed by atoms with van der Waals surface area (Å²) in [6, 6.07) is 27.5. The van der Waals surface area contributed by atoms with E-state index in [1.165, 1.54) is 0 Å². The number of hydrogen-bond donors (Lipinski definition) is 1. The fraction of sp³-hybridized carbons (Fsp3) is 0.0400. The molecule has 0 unspecified atom stereocenters. The van der Waals surface area contributed by atoms with Crippen LogP contribution in [0.3, 0.4) is 0 Å². The van der Waals surface area contributed by atoms with E-state index in [-0.39, 0.29) is 5.91 Å². The Kier molecular flexibility index (Phi) is 5.68. The number of halogens is 1. The van der Waals surface area contributed by atoms with Crippen LogP contribution >= 0.6 is 11.6 Å². The number of carbonyl (C=O) groups is 1. The van der Waals surface area contributed by atoms with E-state index in [2.05, 4.69) is 34.6 Å². The molecule has 1 heterocycles. The van der Waals surface area contributed by atoms with E-state index in [4.69, 9.17) is 11.6 Å². The highest BCUT2D eigenvalue weighted by molar-refractivity contribution is 6.33. The lowest BCUT2D eigenvalue weighted by Crippen LogP contribution is -2.22. The van der Waals surface area contributed by atoms with Crippen LogP contribution in [0.4, 0.5) is 0 Å². The molecule has 0 saturated carbocycles. The van der Waals surface area contributed by atoms with Crippen LogP contribution in [-0.2, 0) is 6.54 Å². The second-order valence-electron chi connectivity index (χ2n) is 6.68. The Balaban J connectivity index is 1.54. The van der Waals surface area contributed by atoms with Crippen LogP contribution in [0.15, 0.2) is 97.3 Å². The number of hydrogen-bond acceptors (Lipinski definition) is 2. The van der Waals surface area contributed by atoms with E-state index in [0.29, 0.717) is 17.1 Å². The molecule has 0 fully saturated rings. The number of carbonyl (C=O) groups excluding carboxylic acids is 1. The van der Waals surface area contributed by atoms with E-state index in [1.54, 1.807) is 24.5 Å². The first-order valence-corrected chi connectivity index (χ1v) is 9.71. The Morgan fingerprint density at radius 1 is 0.828 bits per heavy atom. The molecular formula is C25H19ClN2O. The molecule has 3 aromatic carbocycles. The molecule has 0 aliphatic heterocycles. The minimum Gasteiger partial charge on any atom is -0.348 e. The van der Waals surface area contributed by atoms with Crippen LogP contribution < -0.4 is 5.32 Å². The maximum Gasteiger partial charge on any atom is 0.251 e. The van der Waals surface area contributed by atoms with Gasteiger partial charge in [-0.2, -0.15) is 0 Å². The van der Waals surface area contributed by atoms with E-state index in [1.807, 2.05) is 48.5 Å². The minimum absolute atomic E-state index is 0.146. The fourth-order valence-electron chi connectivity index (χ4n) is 3.15. The van der Waals surface area contributed by atoms with Crippen molar-refractivity contribution >= 4 is 17.5 Å². The van der Waals surface area contributed by atoms with Gasteiger partial charge in [0.15, 0.2) is 0 Å². The van der Waals surface area contributed by atoms with E-state index < -0.39 is 0 Å². The molecule has 0 radical (unpaired) electrons. The second kappa shape index (κ2) is 8.72. The highest BCUT2D eigenvalue weighted by atomic mass is 35.5. The van der Waals surface area contributed by atoms with Crippen LogP contribution in [0.25, 0.3) is 22.3 Å². The largest absolute Gasteiger partial charge is 0.348 e. The predicted octanol–water partition coefficient (Wildman–Crippen LogP) is 6.00. The van der Waals surface area contributed by atoms with Gasteiger partial charge in [0.05, 0.1) is 0 Å². The van der Waals surface area contributed by atoms with Crippen LogP contribution in [0, 0.1) is 0 Å². The molecule has 29 heavy (non-hydrogen) atoms. The lowest BCUT2D eigenvalue weighted by Gasteiger charge is -2.10. The summed E-state index contributed by atoms with van der Waals surface area (Å²) < 4.78 is 0. The first-order chi connectivity index (χ1) is 14.2. The van der Waals surface area contributed by atoms with Crippen molar-refractivity contribution in [2.24, 2.45) is 0 Å². The molecule has 0 atom stereocenters. The van der Waals surface area contributed by atoms with Crippen molar-refractivity contribution in [3.05, 3.63) is 113 Å². The van der Waals surface area contributed by atoms with Crippen molar-refractivity contribution < 1.29 is 4.79 Å². The lowest BCUT2D eigenvalue weighted by molar-refractivity contribution is 0.0951. The zero-order valence-electron chi connectivity index (χ0n) is 15.7. The van der Waals surface area contributed by atoms with Gasteiger partial charge in [-0.15, -0.1) is 0 Å². The first kappa shape index (κ1) is 18.9. The Morgan fingerprint density at radius 3 is 2.28 bits per heavy atom. The summed E-state index contributed by atoms with van der Waals surface area (Å²) in [7, 11) is 0. The van der Waals surface area contributed by atoms with Crippen molar-refractivity contribution in [2.45, 2.75) is 6.54 Å². The van der Waals surface area contributed by atoms with Crippen molar-refractivity contribution in [1.82, 2.24) is 10.3 Å². The second-order valence-corrected chi connectivity index (χ2v) is 7.09. The Bertz CT molecular complexity index is 1110. The summed E-state index contributed by atoms with van der Waals surface area (Å²) in [5, 5.41) is 3.53. The average molecular weight is 399 g/mol. The normalized spacial score (nSPS) is 10.5. The fourth-order valence-corrected chi connectivity index (χ4v) is 3.37. The number of nitrogens with zero attached hydrogens (tertiary/aromatic N) is 1. The molecule has 0 aliphatic carbocycles. The minimum atomic E-state index is -0.146. The number of amides is 1. The topological polar surface area (TPSA) is 42.0 Å². The van der Waals surface area contributed by atoms with Gasteiger partial charge in [-0.25, -0.2) is 0 Å². The number of rotatable bonds is 5. The molecule has 0 spiro atoms. The van der Waals surface area contributed by atoms with Gasteiger partial charge in [-0.1, -0.05) is 72.3 Å². The molecule has 0 bridgehead atoms. The van der Waals surface area contributed by atoms with Gasteiger partial charge < -0.3 is 5.32 Å². The summed E-state index contributed by atoms with van der Waals surface area (Å²) in [5.74, 6) is -0.146. The molecular weight excluding hydrogens is 380 g/mol. The predicted molar refractivity (Wildman–Crippen MR) is 118 cm³/mol. The maximum absolute atomic E-state index is 12.6. The van der Waals surface area contributed by atoms with Crippen molar-refractivity contribution in [3.63, 3.8) is 0 Å². The highest BCUT2D eigenvalue weighted by Crippen LogP contribution is 2.31. The number of aromatic nitrogens is 1. The molecule has 142 valence electrons. The molecule has 4 rings (SSSR count). The van der Waals surface area contributed by atoms with E-state index in [9.17, 15) is 4.79 Å². The summed E-state index contributed by atoms with van der Waals surface area (Å²) in [5.41, 5.74) is 5.62. The SMILES string of the molecule is O=C(NCc1cccnc1)c1ccc(Cl)c(-c2ccc(-c3ccccc3)cc2)c1. The zero-order valence-corrected chi connectivity index (χ0v) is 16.4. The van der Waals surface area contributed by atoms with Crippen molar-refractivity contribution in [3.8, 4) is 22.3 Å². The third kappa shape index (κ3) is 4.53. The van der Waals surface area contributed by atoms with Gasteiger partial charge in [-0.3, -0.25) is 9.78 Å². The van der Waals surface area contributed by atoms with Gasteiger partial charge in [-0.05, 0) is 46.5 Å². The van der Waals surface area contributed by atoms with Crippen LogP contribution in [-0.4, -0.2) is 10.9 Å². The Hall–Kier alpha value is -3.43. The third-order valence-corrected chi connectivity index (χ3v) is 5.04. The monoisotopic (exact) mass is 398 g/mol. The maximum atomic E-state index is 12.6. The molecule has 4 aromatic rings. The summed E-state index contributed by atoms with van der Waals surface area (Å²) in [6.07, 6.45) is 3.45. The van der Waals surface area contributed by atoms with Gasteiger partial charge >= 0.3 is 0 Å². The van der Waals surface area contributed by atoms with E-state index >= 15 is 0 Å². The van der Waals surface area contributed by atoms with Crippen molar-refractivity contribution in [2.75, 3.05) is 0 Å². The Morgan fingerprint density at radius 2 is 1.55 bits per heavy atom. The molecule has 0 saturated heterocycles. The van der Waals surface area contributed by atoms with Crippen molar-refractivity contribution in [1.29, 1.82) is 0 Å². The lowest BCUT2D eigenvalue weighted by atomic mass is 9.99. The van der Waals surface area contributed by atoms with Crippen LogP contribution in [0.2, 0.25) is 5.02 Å². The van der Waals surface area contributed by atoms with E-state index in [0.717, 1.165) is 27.8 Å². The molecule has 4 heteroatoms. The molecule has 1 amide bonds. The standard InChI is InChI=1S/C25H19ClN2O/c26-24-13-12-22(25(29)28-17-18-5-4-14-27-16-18)15-23(24)21-10-8-20(9-11-21)19-6-2-1-3-7-19/h1-16H,17H2,(H,28,29). The number of benzene rings is 3. The molecule has 1 aromatic heterocycles. The molecule has 3 nitrogen and oxygen atoms in total. The Labute approximate surface area is 175 Å². The smallest absolute Gasteiger partial charge is 0.251 e. The highest BCUT2D eigenvalue weighted by Gasteiger charge is 2.11. The summed E-state index contributed by atoms with van der Waals surface area (Å²) in [6.45, 7) is 0.427. The van der Waals surface area contributed by atoms with Gasteiger partial charge in [0.1, 0.15) is 0 Å². The molecule has 0 aliphatic rings. The van der Waals surface area contributed by atoms with Gasteiger partial charge in [0.2, 0.25) is 0 Å². The summed E-state index contributed by atoms with van der Waals surface area (Å²) >= 11 is 6.43. The molecule has 1 N–H and O–H groups in total. The quantitative estimate of drug-likeness (QED) is 0.448. The van der Waals surface area contributed by atoms with Gasteiger partial charge in [0.25, 0.3) is 5.91 Å². The average Bonchev–Trinajstić information content (AvgIpc) is 2.79. The number of pyridine rings is 1. The van der Waals surface area contributed by atoms with Gasteiger partial charge in [0, 0.05) is 35.1 Å². The third-order valence-electron chi connectivity index (χ3n) is 4.71. The van der Waals surface area contributed by atoms with Crippen LogP contribution in [0.5, 0.6) is 0 Å². The first-order valence-electron chi connectivity index (χ1n) is 9.33. The van der Waals surface area contributed by atoms with Crippen LogP contribution in [0.1, 0.15) is 15.9 Å².